The number of hydrogen-bond acceptors (Lipinski definition) is 7. The third-order valence-electron chi connectivity index (χ3n) is 11.8. The molecular formula is C46H58F3N7O5. The molecule has 5 N–H and O–H groups in total. The highest BCUT2D eigenvalue weighted by atomic mass is 19.4. The number of aryl methyl sites for hydroxylation is 1. The largest absolute Gasteiger partial charge is 0.449 e. The van der Waals surface area contributed by atoms with Crippen LogP contribution in [-0.2, 0) is 26.9 Å². The van der Waals surface area contributed by atoms with E-state index in [-0.39, 0.29) is 52.8 Å². The summed E-state index contributed by atoms with van der Waals surface area (Å²) in [5, 5.41) is 11.8. The average Bonchev–Trinajstić information content (AvgIpc) is 3.65. The molecule has 0 saturated heterocycles. The number of alkyl carbamates (subject to hydrolysis) is 1. The van der Waals surface area contributed by atoms with Gasteiger partial charge in [0.25, 0.3) is 5.91 Å². The van der Waals surface area contributed by atoms with Gasteiger partial charge in [-0.25, -0.2) is 9.78 Å². The number of fused-ring (bicyclic) bond motifs is 1. The van der Waals surface area contributed by atoms with E-state index in [0.717, 1.165) is 47.9 Å². The molecule has 2 fully saturated rings. The zero-order chi connectivity index (χ0) is 44.1. The van der Waals surface area contributed by atoms with Gasteiger partial charge in [-0.1, -0.05) is 30.3 Å². The quantitative estimate of drug-likeness (QED) is 0.0964. The van der Waals surface area contributed by atoms with Gasteiger partial charge >= 0.3 is 12.3 Å². The number of hydrogen-bond donors (Lipinski definition) is 5. The van der Waals surface area contributed by atoms with Crippen molar-refractivity contribution in [2.24, 2.45) is 11.8 Å². The van der Waals surface area contributed by atoms with Gasteiger partial charge in [0.05, 0.1) is 11.0 Å². The summed E-state index contributed by atoms with van der Waals surface area (Å²) in [6.45, 7) is 7.80. The van der Waals surface area contributed by atoms with Crippen molar-refractivity contribution in [2.45, 2.75) is 115 Å². The number of rotatable bonds is 12. The molecule has 1 heterocycles. The van der Waals surface area contributed by atoms with Crippen LogP contribution in [0.4, 0.5) is 23.7 Å². The fourth-order valence-electron chi connectivity index (χ4n) is 8.31. The lowest BCUT2D eigenvalue weighted by Gasteiger charge is -2.33. The molecule has 1 atom stereocenters. The number of carbonyl (C=O) groups is 4. The Balaban J connectivity index is 1.12. The van der Waals surface area contributed by atoms with E-state index < -0.39 is 35.6 Å². The number of anilines is 1. The van der Waals surface area contributed by atoms with Crippen LogP contribution >= 0.6 is 0 Å². The Morgan fingerprint density at radius 2 is 1.57 bits per heavy atom. The predicted octanol–water partition coefficient (Wildman–Crippen LogP) is 8.16. The third kappa shape index (κ3) is 12.3. The number of nitrogens with zero attached hydrogens (tertiary/aromatic N) is 2. The van der Waals surface area contributed by atoms with Crippen molar-refractivity contribution >= 4 is 40.5 Å². The maximum Gasteiger partial charge on any atom is 0.449 e. The number of benzene rings is 3. The lowest BCUT2D eigenvalue weighted by Crippen LogP contribution is -2.48. The molecule has 0 unspecified atom stereocenters. The van der Waals surface area contributed by atoms with Gasteiger partial charge < -0.3 is 35.9 Å². The van der Waals surface area contributed by atoms with Crippen LogP contribution in [0.2, 0.25) is 0 Å². The Morgan fingerprint density at radius 3 is 2.20 bits per heavy atom. The Hall–Kier alpha value is -5.44. The van der Waals surface area contributed by atoms with Crippen LogP contribution in [0.25, 0.3) is 22.2 Å². The van der Waals surface area contributed by atoms with Gasteiger partial charge in [0, 0.05) is 42.2 Å². The molecule has 15 heteroatoms. The zero-order valence-corrected chi connectivity index (χ0v) is 35.8. The molecule has 12 nitrogen and oxygen atoms in total. The van der Waals surface area contributed by atoms with Crippen molar-refractivity contribution in [3.8, 4) is 11.1 Å². The highest BCUT2D eigenvalue weighted by Gasteiger charge is 2.35. The molecule has 61 heavy (non-hydrogen) atoms. The zero-order valence-electron chi connectivity index (χ0n) is 35.8. The Morgan fingerprint density at radius 1 is 0.885 bits per heavy atom. The van der Waals surface area contributed by atoms with Gasteiger partial charge in [0.2, 0.25) is 17.6 Å². The molecular weight excluding hydrogens is 788 g/mol. The number of aromatic nitrogens is 2. The SMILES string of the molecule is Cc1cc(C(=O)NC2CCC(N(C)C)CC2)ccc1-c1ccc(C[C@H](NC(=O)[C@H]2CC[C@H](CNC(=O)OC(C)(C)C)CC2)C(=O)Nc2ccc3[nH]c(C(F)(F)F)nc3c2)cc1. The third-order valence-corrected chi connectivity index (χ3v) is 11.8. The summed E-state index contributed by atoms with van der Waals surface area (Å²) in [5.41, 5.74) is 4.02. The van der Waals surface area contributed by atoms with Crippen LogP contribution in [0.15, 0.2) is 60.7 Å². The van der Waals surface area contributed by atoms with Crippen LogP contribution in [0, 0.1) is 18.8 Å². The van der Waals surface area contributed by atoms with E-state index in [1.54, 1.807) is 20.8 Å². The molecule has 0 radical (unpaired) electrons. The van der Waals surface area contributed by atoms with Gasteiger partial charge in [-0.2, -0.15) is 13.2 Å². The molecule has 6 rings (SSSR count). The maximum atomic E-state index is 13.9. The van der Waals surface area contributed by atoms with Crippen molar-refractivity contribution in [3.05, 3.63) is 83.2 Å². The minimum Gasteiger partial charge on any atom is -0.444 e. The molecule has 3 aromatic carbocycles. The minimum atomic E-state index is -4.66. The second-order valence-corrected chi connectivity index (χ2v) is 17.8. The molecule has 0 aliphatic heterocycles. The van der Waals surface area contributed by atoms with Crippen molar-refractivity contribution in [1.82, 2.24) is 30.8 Å². The first-order valence-corrected chi connectivity index (χ1v) is 21.1. The van der Waals surface area contributed by atoms with E-state index in [9.17, 15) is 32.3 Å². The van der Waals surface area contributed by atoms with Crippen LogP contribution in [-0.4, -0.2) is 83.0 Å². The number of imidazole rings is 1. The van der Waals surface area contributed by atoms with Crippen LogP contribution in [0.5, 0.6) is 0 Å². The summed E-state index contributed by atoms with van der Waals surface area (Å²) in [7, 11) is 4.19. The molecule has 2 saturated carbocycles. The maximum absolute atomic E-state index is 13.9. The average molecular weight is 846 g/mol. The number of H-pyrrole nitrogens is 1. The van der Waals surface area contributed by atoms with E-state index in [4.69, 9.17) is 4.74 Å². The highest BCUT2D eigenvalue weighted by Crippen LogP contribution is 2.31. The van der Waals surface area contributed by atoms with E-state index in [1.165, 1.54) is 18.2 Å². The van der Waals surface area contributed by atoms with E-state index in [2.05, 4.69) is 50.2 Å². The summed E-state index contributed by atoms with van der Waals surface area (Å²) in [4.78, 5) is 61.1. The number of amides is 4. The standard InChI is InChI=1S/C46H58F3N7O5/c1-27-23-32(41(58)51-33-16-19-35(20-17-33)56(5)6)15-21-36(27)30-11-7-28(8-12-30)24-39(42(59)52-34-18-22-37-38(25-34)55-43(54-37)46(47,48)49)53-40(57)31-13-9-29(10-14-31)26-50-44(60)61-45(2,3)4/h7-8,11-12,15,18,21-23,25,29,31,33,35,39H,9-10,13-14,16-17,19-20,24,26H2,1-6H3,(H,50,60)(H,51,58)(H,52,59)(H,53,57)(H,54,55)/t29-,31-,33?,35?,39-/m0/s1. The summed E-state index contributed by atoms with van der Waals surface area (Å²) in [6, 6.07) is 17.3. The number of halogens is 3. The normalized spacial score (nSPS) is 20.2. The minimum absolute atomic E-state index is 0.0331. The van der Waals surface area contributed by atoms with Crippen molar-refractivity contribution < 1.29 is 37.1 Å². The van der Waals surface area contributed by atoms with Crippen LogP contribution in [0.3, 0.4) is 0 Å². The fraction of sp³-hybridized carbons (Fsp3) is 0.500. The van der Waals surface area contributed by atoms with Crippen LogP contribution < -0.4 is 21.3 Å². The second kappa shape index (κ2) is 19.1. The van der Waals surface area contributed by atoms with E-state index in [0.29, 0.717) is 43.8 Å². The first-order chi connectivity index (χ1) is 28.8. The topological polar surface area (TPSA) is 158 Å². The lowest BCUT2D eigenvalue weighted by atomic mass is 9.81. The predicted molar refractivity (Wildman–Crippen MR) is 229 cm³/mol. The van der Waals surface area contributed by atoms with Gasteiger partial charge in [-0.3, -0.25) is 14.4 Å². The first kappa shape index (κ1) is 45.1. The summed E-state index contributed by atoms with van der Waals surface area (Å²) in [6.07, 6.45) is 1.58. The Labute approximate surface area is 355 Å². The summed E-state index contributed by atoms with van der Waals surface area (Å²) in [5.74, 6) is -2.19. The number of nitrogens with one attached hydrogen (secondary N) is 5. The number of aromatic amines is 1. The van der Waals surface area contributed by atoms with Crippen LogP contribution in [0.1, 0.15) is 99.4 Å². The molecule has 4 amide bonds. The lowest BCUT2D eigenvalue weighted by molar-refractivity contribution is -0.144. The second-order valence-electron chi connectivity index (χ2n) is 17.8. The fourth-order valence-corrected chi connectivity index (χ4v) is 8.31. The van der Waals surface area contributed by atoms with Crippen molar-refractivity contribution in [1.29, 1.82) is 0 Å². The van der Waals surface area contributed by atoms with Crippen molar-refractivity contribution in [3.63, 3.8) is 0 Å². The van der Waals surface area contributed by atoms with Gasteiger partial charge in [-0.05, 0) is 152 Å². The number of carbonyl (C=O) groups excluding carboxylic acids is 4. The number of alkyl halides is 3. The molecule has 1 aromatic heterocycles. The molecule has 0 bridgehead atoms. The monoisotopic (exact) mass is 845 g/mol. The number of ether oxygens (including phenoxy) is 1. The highest BCUT2D eigenvalue weighted by molar-refractivity contribution is 5.99. The molecule has 0 spiro atoms. The summed E-state index contributed by atoms with van der Waals surface area (Å²) < 4.78 is 45.3. The summed E-state index contributed by atoms with van der Waals surface area (Å²) >= 11 is 0. The van der Waals surface area contributed by atoms with E-state index in [1.807, 2.05) is 49.4 Å². The first-order valence-electron chi connectivity index (χ1n) is 21.1. The van der Waals surface area contributed by atoms with Gasteiger partial charge in [0.1, 0.15) is 11.6 Å². The molecule has 2 aliphatic rings. The molecule has 2 aliphatic carbocycles. The Kier molecular flexibility index (Phi) is 14.1. The van der Waals surface area contributed by atoms with E-state index >= 15 is 0 Å². The molecule has 4 aromatic rings. The smallest absolute Gasteiger partial charge is 0.444 e. The van der Waals surface area contributed by atoms with Gasteiger partial charge in [0.15, 0.2) is 0 Å². The Bertz CT molecular complexity index is 2180. The molecule has 328 valence electrons. The van der Waals surface area contributed by atoms with Gasteiger partial charge in [-0.15, -0.1) is 0 Å². The van der Waals surface area contributed by atoms with Crippen molar-refractivity contribution in [2.75, 3.05) is 26.0 Å².